The number of nitrogens with one attached hydrogen (secondary N) is 1. The van der Waals surface area contributed by atoms with E-state index in [1.165, 1.54) is 12.1 Å². The molecule has 2 aliphatic rings. The first-order valence-corrected chi connectivity index (χ1v) is 10.2. The van der Waals surface area contributed by atoms with Crippen LogP contribution in [0.2, 0.25) is 0 Å². The molecule has 1 N–H and O–H groups in total. The van der Waals surface area contributed by atoms with Gasteiger partial charge in [-0.2, -0.15) is 0 Å². The summed E-state index contributed by atoms with van der Waals surface area (Å²) in [5.74, 6) is 0.869. The SMILES string of the molecule is CN=C(NCC(OC)c1ccc(F)cc1)N1CCC(C(=O)N2CCOCC2)CC1. The summed E-state index contributed by atoms with van der Waals surface area (Å²) in [5.41, 5.74) is 0.909. The van der Waals surface area contributed by atoms with Crippen molar-refractivity contribution in [2.75, 3.05) is 60.1 Å². The van der Waals surface area contributed by atoms with Crippen LogP contribution in [0.4, 0.5) is 4.39 Å². The van der Waals surface area contributed by atoms with E-state index in [0.717, 1.165) is 37.5 Å². The number of methoxy groups -OCH3 is 1. The average Bonchev–Trinajstić information content (AvgIpc) is 2.78. The number of hydrogen-bond acceptors (Lipinski definition) is 4. The van der Waals surface area contributed by atoms with E-state index in [4.69, 9.17) is 9.47 Å². The summed E-state index contributed by atoms with van der Waals surface area (Å²) >= 11 is 0. The average molecular weight is 407 g/mol. The molecule has 3 rings (SSSR count). The molecular formula is C21H31FN4O3. The van der Waals surface area contributed by atoms with Crippen molar-refractivity contribution in [1.82, 2.24) is 15.1 Å². The smallest absolute Gasteiger partial charge is 0.225 e. The lowest BCUT2D eigenvalue weighted by atomic mass is 9.95. The van der Waals surface area contributed by atoms with E-state index in [0.29, 0.717) is 32.8 Å². The number of carbonyl (C=O) groups excluding carboxylic acids is 1. The second-order valence-electron chi connectivity index (χ2n) is 7.40. The van der Waals surface area contributed by atoms with Gasteiger partial charge in [0.15, 0.2) is 5.96 Å². The fourth-order valence-corrected chi connectivity index (χ4v) is 3.91. The molecule has 0 aliphatic carbocycles. The summed E-state index contributed by atoms with van der Waals surface area (Å²) in [4.78, 5) is 21.2. The lowest BCUT2D eigenvalue weighted by molar-refractivity contribution is -0.140. The van der Waals surface area contributed by atoms with Crippen LogP contribution in [-0.2, 0) is 14.3 Å². The molecule has 1 aromatic rings. The van der Waals surface area contributed by atoms with Crippen LogP contribution in [0.3, 0.4) is 0 Å². The first-order chi connectivity index (χ1) is 14.1. The Hall–Kier alpha value is -2.19. The quantitative estimate of drug-likeness (QED) is 0.595. The van der Waals surface area contributed by atoms with Gasteiger partial charge in [0.1, 0.15) is 5.82 Å². The molecule has 7 nitrogen and oxygen atoms in total. The van der Waals surface area contributed by atoms with Crippen molar-refractivity contribution in [3.63, 3.8) is 0 Å². The third-order valence-electron chi connectivity index (χ3n) is 5.65. The van der Waals surface area contributed by atoms with Gasteiger partial charge in [-0.3, -0.25) is 9.79 Å². The van der Waals surface area contributed by atoms with Gasteiger partial charge in [0.05, 0.1) is 19.3 Å². The van der Waals surface area contributed by atoms with Gasteiger partial charge in [-0.05, 0) is 30.5 Å². The van der Waals surface area contributed by atoms with Gasteiger partial charge in [-0.15, -0.1) is 0 Å². The van der Waals surface area contributed by atoms with Crippen LogP contribution < -0.4 is 5.32 Å². The normalized spacial score (nSPS) is 19.9. The summed E-state index contributed by atoms with van der Waals surface area (Å²) in [7, 11) is 3.40. The monoisotopic (exact) mass is 406 g/mol. The molecule has 0 aromatic heterocycles. The molecular weight excluding hydrogens is 375 g/mol. The van der Waals surface area contributed by atoms with Crippen LogP contribution in [-0.4, -0.2) is 81.8 Å². The zero-order valence-corrected chi connectivity index (χ0v) is 17.3. The fraction of sp³-hybridized carbons (Fsp3) is 0.619. The third-order valence-corrected chi connectivity index (χ3v) is 5.65. The second kappa shape index (κ2) is 10.5. The zero-order chi connectivity index (χ0) is 20.6. The molecule has 2 fully saturated rings. The number of aliphatic imine (C=N–C) groups is 1. The fourth-order valence-electron chi connectivity index (χ4n) is 3.91. The molecule has 0 spiro atoms. The Labute approximate surface area is 171 Å². The van der Waals surface area contributed by atoms with Crippen molar-refractivity contribution >= 4 is 11.9 Å². The number of benzene rings is 1. The minimum absolute atomic E-state index is 0.0772. The molecule has 2 heterocycles. The van der Waals surface area contributed by atoms with E-state index in [9.17, 15) is 9.18 Å². The van der Waals surface area contributed by atoms with Gasteiger partial charge in [0.2, 0.25) is 5.91 Å². The molecule has 0 saturated carbocycles. The van der Waals surface area contributed by atoms with Crippen molar-refractivity contribution in [2.24, 2.45) is 10.9 Å². The first kappa shape index (κ1) is 21.5. The molecule has 29 heavy (non-hydrogen) atoms. The number of nitrogens with zero attached hydrogens (tertiary/aromatic N) is 3. The molecule has 2 aliphatic heterocycles. The Morgan fingerprint density at radius 3 is 2.45 bits per heavy atom. The van der Waals surface area contributed by atoms with Crippen molar-refractivity contribution < 1.29 is 18.7 Å². The van der Waals surface area contributed by atoms with E-state index in [1.807, 2.05) is 4.90 Å². The van der Waals surface area contributed by atoms with Crippen LogP contribution in [0.5, 0.6) is 0 Å². The van der Waals surface area contributed by atoms with E-state index >= 15 is 0 Å². The minimum Gasteiger partial charge on any atom is -0.378 e. The Kier molecular flexibility index (Phi) is 7.83. The molecule has 0 radical (unpaired) electrons. The maximum atomic E-state index is 13.2. The molecule has 8 heteroatoms. The predicted molar refractivity (Wildman–Crippen MR) is 109 cm³/mol. The highest BCUT2D eigenvalue weighted by Crippen LogP contribution is 2.21. The first-order valence-electron chi connectivity index (χ1n) is 10.2. The molecule has 160 valence electrons. The number of morpholine rings is 1. The lowest BCUT2D eigenvalue weighted by Crippen LogP contribution is -2.50. The second-order valence-corrected chi connectivity index (χ2v) is 7.40. The Morgan fingerprint density at radius 1 is 1.21 bits per heavy atom. The molecule has 1 amide bonds. The molecule has 1 atom stereocenters. The van der Waals surface area contributed by atoms with Crippen LogP contribution in [0.15, 0.2) is 29.3 Å². The number of likely N-dealkylation sites (tertiary alicyclic amines) is 1. The van der Waals surface area contributed by atoms with Crippen molar-refractivity contribution in [1.29, 1.82) is 0 Å². The molecule has 1 unspecified atom stereocenters. The van der Waals surface area contributed by atoms with Crippen molar-refractivity contribution in [3.8, 4) is 0 Å². The molecule has 1 aromatic carbocycles. The molecule has 2 saturated heterocycles. The van der Waals surface area contributed by atoms with Crippen LogP contribution in [0, 0.1) is 11.7 Å². The van der Waals surface area contributed by atoms with Gasteiger partial charge in [-0.1, -0.05) is 12.1 Å². The summed E-state index contributed by atoms with van der Waals surface area (Å²) in [5, 5.41) is 3.36. The van der Waals surface area contributed by atoms with Gasteiger partial charge in [-0.25, -0.2) is 4.39 Å². The largest absolute Gasteiger partial charge is 0.378 e. The highest BCUT2D eigenvalue weighted by Gasteiger charge is 2.30. The maximum Gasteiger partial charge on any atom is 0.225 e. The standard InChI is InChI=1S/C21H31FN4O3/c1-23-21(24-15-19(28-2)16-3-5-18(22)6-4-16)26-9-7-17(8-10-26)20(27)25-11-13-29-14-12-25/h3-6,17,19H,7-15H2,1-2H3,(H,23,24). The number of rotatable bonds is 5. The van der Waals surface area contributed by atoms with Gasteiger partial charge in [0, 0.05) is 52.8 Å². The van der Waals surface area contributed by atoms with Crippen molar-refractivity contribution in [3.05, 3.63) is 35.6 Å². The summed E-state index contributed by atoms with van der Waals surface area (Å²) in [6.07, 6.45) is 1.44. The van der Waals surface area contributed by atoms with E-state index < -0.39 is 0 Å². The van der Waals surface area contributed by atoms with Crippen LogP contribution >= 0.6 is 0 Å². The summed E-state index contributed by atoms with van der Waals surface area (Å²) < 4.78 is 24.1. The predicted octanol–water partition coefficient (Wildman–Crippen LogP) is 1.66. The van der Waals surface area contributed by atoms with Crippen LogP contribution in [0.1, 0.15) is 24.5 Å². The number of ether oxygens (including phenoxy) is 2. The number of carbonyl (C=O) groups is 1. The Morgan fingerprint density at radius 2 is 1.86 bits per heavy atom. The third kappa shape index (κ3) is 5.67. The topological polar surface area (TPSA) is 66.4 Å². The summed E-state index contributed by atoms with van der Waals surface area (Å²) in [6, 6.07) is 6.34. The van der Waals surface area contributed by atoms with Crippen LogP contribution in [0.25, 0.3) is 0 Å². The van der Waals surface area contributed by atoms with E-state index in [2.05, 4.69) is 15.2 Å². The van der Waals surface area contributed by atoms with E-state index in [1.54, 1.807) is 26.3 Å². The number of guanidine groups is 1. The Balaban J connectivity index is 1.49. The Bertz CT molecular complexity index is 684. The van der Waals surface area contributed by atoms with Gasteiger partial charge >= 0.3 is 0 Å². The lowest BCUT2D eigenvalue weighted by Gasteiger charge is -2.37. The number of amides is 1. The molecule has 0 bridgehead atoms. The van der Waals surface area contributed by atoms with Crippen molar-refractivity contribution in [2.45, 2.75) is 18.9 Å². The van der Waals surface area contributed by atoms with Gasteiger partial charge < -0.3 is 24.6 Å². The van der Waals surface area contributed by atoms with Gasteiger partial charge in [0.25, 0.3) is 0 Å². The minimum atomic E-state index is -0.262. The number of hydrogen-bond donors (Lipinski definition) is 1. The number of piperidine rings is 1. The maximum absolute atomic E-state index is 13.2. The highest BCUT2D eigenvalue weighted by molar-refractivity contribution is 5.81. The zero-order valence-electron chi connectivity index (χ0n) is 17.3. The number of halogens is 1. The highest BCUT2D eigenvalue weighted by atomic mass is 19.1. The van der Waals surface area contributed by atoms with E-state index in [-0.39, 0.29) is 23.7 Å². The summed E-state index contributed by atoms with van der Waals surface area (Å²) in [6.45, 7) is 4.77.